The molecular weight excluding hydrogens is 352 g/mol. The number of imidazole rings is 1. The molecule has 0 unspecified atom stereocenters. The topological polar surface area (TPSA) is 86.9 Å². The van der Waals surface area contributed by atoms with Gasteiger partial charge in [-0.1, -0.05) is 42.5 Å². The molecule has 1 amide bonds. The van der Waals surface area contributed by atoms with Crippen LogP contribution in [-0.4, -0.2) is 28.7 Å². The Morgan fingerprint density at radius 1 is 0.857 bits per heavy atom. The number of carbonyl (C=O) groups is 2. The third-order valence-corrected chi connectivity index (χ3v) is 4.42. The lowest BCUT2D eigenvalue weighted by molar-refractivity contribution is 0.102. The SMILES string of the molecule is CNc1nc2ccc(NC(=O)c3ccc(C(=O)c4ccccc4)cc3)cc2[nH]1. The summed E-state index contributed by atoms with van der Waals surface area (Å²) in [6.45, 7) is 0. The summed E-state index contributed by atoms with van der Waals surface area (Å²) in [7, 11) is 1.78. The molecule has 0 aliphatic rings. The summed E-state index contributed by atoms with van der Waals surface area (Å²) < 4.78 is 0. The second-order valence-corrected chi connectivity index (χ2v) is 6.29. The molecule has 3 N–H and O–H groups in total. The molecule has 28 heavy (non-hydrogen) atoms. The first-order valence-electron chi connectivity index (χ1n) is 8.83. The van der Waals surface area contributed by atoms with Crippen LogP contribution in [0.3, 0.4) is 0 Å². The van der Waals surface area contributed by atoms with Gasteiger partial charge >= 0.3 is 0 Å². The molecule has 0 saturated carbocycles. The monoisotopic (exact) mass is 370 g/mol. The number of nitrogens with one attached hydrogen (secondary N) is 3. The zero-order chi connectivity index (χ0) is 19.5. The fourth-order valence-electron chi connectivity index (χ4n) is 2.94. The number of rotatable bonds is 5. The summed E-state index contributed by atoms with van der Waals surface area (Å²) in [5.41, 5.74) is 3.94. The second kappa shape index (κ2) is 7.36. The maximum absolute atomic E-state index is 12.5. The van der Waals surface area contributed by atoms with E-state index in [-0.39, 0.29) is 11.7 Å². The van der Waals surface area contributed by atoms with Crippen LogP contribution in [0.25, 0.3) is 11.0 Å². The van der Waals surface area contributed by atoms with Crippen LogP contribution in [0.5, 0.6) is 0 Å². The number of benzene rings is 3. The Labute approximate surface area is 161 Å². The summed E-state index contributed by atoms with van der Waals surface area (Å²) in [6, 6.07) is 21.2. The second-order valence-electron chi connectivity index (χ2n) is 6.29. The zero-order valence-corrected chi connectivity index (χ0v) is 15.2. The minimum absolute atomic E-state index is 0.0717. The van der Waals surface area contributed by atoms with Gasteiger partial charge in [0.15, 0.2) is 5.78 Å². The van der Waals surface area contributed by atoms with E-state index in [1.807, 2.05) is 30.3 Å². The average Bonchev–Trinajstić information content (AvgIpc) is 3.16. The van der Waals surface area contributed by atoms with Crippen LogP contribution in [0.4, 0.5) is 11.6 Å². The molecule has 0 radical (unpaired) electrons. The van der Waals surface area contributed by atoms with Crippen LogP contribution in [-0.2, 0) is 0 Å². The Bertz CT molecular complexity index is 1150. The fourth-order valence-corrected chi connectivity index (χ4v) is 2.94. The number of H-pyrrole nitrogens is 1. The largest absolute Gasteiger partial charge is 0.359 e. The molecule has 6 heteroatoms. The predicted molar refractivity (Wildman–Crippen MR) is 110 cm³/mol. The molecule has 6 nitrogen and oxygen atoms in total. The van der Waals surface area contributed by atoms with Crippen LogP contribution in [0.2, 0.25) is 0 Å². The van der Waals surface area contributed by atoms with Crippen LogP contribution in [0.1, 0.15) is 26.3 Å². The van der Waals surface area contributed by atoms with Gasteiger partial charge in [-0.2, -0.15) is 0 Å². The first kappa shape index (κ1) is 17.5. The minimum atomic E-state index is -0.244. The molecule has 0 aliphatic heterocycles. The van der Waals surface area contributed by atoms with Crippen LogP contribution in [0, 0.1) is 0 Å². The number of hydrogen-bond acceptors (Lipinski definition) is 4. The van der Waals surface area contributed by atoms with E-state index in [1.165, 1.54) is 0 Å². The number of fused-ring (bicyclic) bond motifs is 1. The van der Waals surface area contributed by atoms with E-state index in [1.54, 1.807) is 49.5 Å². The minimum Gasteiger partial charge on any atom is -0.359 e. The van der Waals surface area contributed by atoms with Gasteiger partial charge < -0.3 is 15.6 Å². The third kappa shape index (κ3) is 3.48. The van der Waals surface area contributed by atoms with E-state index in [2.05, 4.69) is 20.6 Å². The van der Waals surface area contributed by atoms with Gasteiger partial charge in [0.05, 0.1) is 11.0 Å². The number of nitrogens with zero attached hydrogens (tertiary/aromatic N) is 1. The first-order valence-corrected chi connectivity index (χ1v) is 8.83. The van der Waals surface area contributed by atoms with Crippen molar-refractivity contribution in [2.45, 2.75) is 0 Å². The van der Waals surface area contributed by atoms with Gasteiger partial charge in [0.2, 0.25) is 5.95 Å². The van der Waals surface area contributed by atoms with Crippen molar-refractivity contribution in [3.8, 4) is 0 Å². The van der Waals surface area contributed by atoms with Crippen molar-refractivity contribution in [2.75, 3.05) is 17.7 Å². The quantitative estimate of drug-likeness (QED) is 0.462. The van der Waals surface area contributed by atoms with E-state index in [9.17, 15) is 9.59 Å². The summed E-state index contributed by atoms with van der Waals surface area (Å²) in [5, 5.41) is 5.81. The van der Waals surface area contributed by atoms with Gasteiger partial charge in [0, 0.05) is 29.4 Å². The summed E-state index contributed by atoms with van der Waals surface area (Å²) in [6.07, 6.45) is 0. The standard InChI is InChI=1S/C22H18N4O2/c1-23-22-25-18-12-11-17(13-19(18)26-22)24-21(28)16-9-7-15(8-10-16)20(27)14-5-3-2-4-6-14/h2-13H,1H3,(H,24,28)(H2,23,25,26). The van der Waals surface area contributed by atoms with Gasteiger partial charge in [-0.15, -0.1) is 0 Å². The highest BCUT2D eigenvalue weighted by Crippen LogP contribution is 2.20. The molecule has 1 aromatic heterocycles. The van der Waals surface area contributed by atoms with Crippen molar-refractivity contribution < 1.29 is 9.59 Å². The van der Waals surface area contributed by atoms with E-state index in [0.29, 0.717) is 28.3 Å². The molecule has 0 spiro atoms. The molecule has 4 rings (SSSR count). The first-order chi connectivity index (χ1) is 13.6. The van der Waals surface area contributed by atoms with Gasteiger partial charge in [-0.05, 0) is 30.3 Å². The molecule has 0 saturated heterocycles. The number of anilines is 2. The van der Waals surface area contributed by atoms with Gasteiger partial charge in [-0.25, -0.2) is 4.98 Å². The van der Waals surface area contributed by atoms with Crippen LogP contribution < -0.4 is 10.6 Å². The number of aromatic amines is 1. The Morgan fingerprint density at radius 2 is 1.54 bits per heavy atom. The zero-order valence-electron chi connectivity index (χ0n) is 15.2. The molecular formula is C22H18N4O2. The highest BCUT2D eigenvalue weighted by Gasteiger charge is 2.11. The molecule has 4 aromatic rings. The van der Waals surface area contributed by atoms with Gasteiger partial charge in [-0.3, -0.25) is 9.59 Å². The van der Waals surface area contributed by atoms with Crippen molar-refractivity contribution in [1.82, 2.24) is 9.97 Å². The van der Waals surface area contributed by atoms with Crippen molar-refractivity contribution in [3.05, 3.63) is 89.5 Å². The lowest BCUT2D eigenvalue weighted by Gasteiger charge is -2.06. The molecule has 0 fully saturated rings. The predicted octanol–water partition coefficient (Wildman–Crippen LogP) is 4.09. The van der Waals surface area contributed by atoms with Crippen LogP contribution >= 0.6 is 0 Å². The number of ketones is 1. The summed E-state index contributed by atoms with van der Waals surface area (Å²) in [4.78, 5) is 32.5. The highest BCUT2D eigenvalue weighted by molar-refractivity contribution is 6.10. The van der Waals surface area contributed by atoms with Gasteiger partial charge in [0.1, 0.15) is 0 Å². The summed E-state index contributed by atoms with van der Waals surface area (Å²) in [5.74, 6) is 0.348. The highest BCUT2D eigenvalue weighted by atomic mass is 16.1. The Morgan fingerprint density at radius 3 is 2.25 bits per heavy atom. The Balaban J connectivity index is 1.50. The molecule has 3 aromatic carbocycles. The van der Waals surface area contributed by atoms with Crippen molar-refractivity contribution in [1.29, 1.82) is 0 Å². The third-order valence-electron chi connectivity index (χ3n) is 4.42. The lowest BCUT2D eigenvalue weighted by atomic mass is 10.0. The van der Waals surface area contributed by atoms with E-state index < -0.39 is 0 Å². The lowest BCUT2D eigenvalue weighted by Crippen LogP contribution is -2.12. The fraction of sp³-hybridized carbons (Fsp3) is 0.0455. The summed E-state index contributed by atoms with van der Waals surface area (Å²) >= 11 is 0. The normalized spacial score (nSPS) is 10.6. The Kier molecular flexibility index (Phi) is 4.60. The van der Waals surface area contributed by atoms with Crippen LogP contribution in [0.15, 0.2) is 72.8 Å². The number of amides is 1. The molecule has 138 valence electrons. The maximum atomic E-state index is 12.5. The maximum Gasteiger partial charge on any atom is 0.255 e. The Hall–Kier alpha value is -3.93. The smallest absolute Gasteiger partial charge is 0.255 e. The average molecular weight is 370 g/mol. The number of aromatic nitrogens is 2. The molecule has 0 aliphatic carbocycles. The van der Waals surface area contributed by atoms with E-state index >= 15 is 0 Å². The van der Waals surface area contributed by atoms with E-state index in [4.69, 9.17) is 0 Å². The van der Waals surface area contributed by atoms with Crippen molar-refractivity contribution in [2.24, 2.45) is 0 Å². The number of hydrogen-bond donors (Lipinski definition) is 3. The number of carbonyl (C=O) groups excluding carboxylic acids is 2. The molecule has 0 atom stereocenters. The van der Waals surface area contributed by atoms with E-state index in [0.717, 1.165) is 11.0 Å². The van der Waals surface area contributed by atoms with Crippen molar-refractivity contribution >= 4 is 34.4 Å². The molecule has 1 heterocycles. The molecule has 0 bridgehead atoms. The van der Waals surface area contributed by atoms with Crippen molar-refractivity contribution in [3.63, 3.8) is 0 Å². The van der Waals surface area contributed by atoms with Gasteiger partial charge in [0.25, 0.3) is 5.91 Å².